The fourth-order valence-corrected chi connectivity index (χ4v) is 3.08. The minimum atomic E-state index is -4.63. The van der Waals surface area contributed by atoms with Crippen molar-refractivity contribution in [1.29, 1.82) is 0 Å². The molecule has 2 rings (SSSR count). The summed E-state index contributed by atoms with van der Waals surface area (Å²) in [5.41, 5.74) is 0.0445. The monoisotopic (exact) mass is 362 g/mol. The van der Waals surface area contributed by atoms with Crippen LogP contribution in [-0.2, 0) is 11.8 Å². The van der Waals surface area contributed by atoms with Gasteiger partial charge in [-0.15, -0.1) is 0 Å². The molecule has 0 bridgehead atoms. The summed E-state index contributed by atoms with van der Waals surface area (Å²) in [4.78, 5) is 12.1. The van der Waals surface area contributed by atoms with Gasteiger partial charge >= 0.3 is 12.2 Å². The molecule has 25 heavy (non-hydrogen) atoms. The lowest BCUT2D eigenvalue weighted by molar-refractivity contribution is -0.155. The number of nitrogens with zero attached hydrogens (tertiary/aromatic N) is 2. The maximum absolute atomic E-state index is 13.5. The van der Waals surface area contributed by atoms with E-state index in [0.29, 0.717) is 12.1 Å². The average molecular weight is 362 g/mol. The van der Waals surface area contributed by atoms with E-state index in [1.807, 2.05) is 26.1 Å². The lowest BCUT2D eigenvalue weighted by Gasteiger charge is -2.23. The predicted octanol–water partition coefficient (Wildman–Crippen LogP) is 2.90. The molecular weight excluding hydrogens is 337 g/mol. The van der Waals surface area contributed by atoms with E-state index in [1.54, 1.807) is 14.0 Å². The normalized spacial score (nSPS) is 24.3. The second-order valence-electron chi connectivity index (χ2n) is 7.04. The first-order chi connectivity index (χ1) is 11.3. The lowest BCUT2D eigenvalue weighted by atomic mass is 10.0. The molecule has 142 valence electrons. The zero-order chi connectivity index (χ0) is 19.2. The molecule has 0 saturated heterocycles. The molecule has 2 amide bonds. The number of alkyl halides is 3. The number of nitrogens with one attached hydrogen (secondary N) is 2. The van der Waals surface area contributed by atoms with Gasteiger partial charge in [0.25, 0.3) is 0 Å². The van der Waals surface area contributed by atoms with Crippen LogP contribution < -0.4 is 10.6 Å². The van der Waals surface area contributed by atoms with Crippen molar-refractivity contribution in [1.82, 2.24) is 20.4 Å². The SMILES string of the molecule is Cc1nn(C)c(C)c1C(NC(=O)N[C@@H]1C[C@]1(C)OC(C)C)C(F)(F)F. The zero-order valence-corrected chi connectivity index (χ0v) is 15.3. The molecule has 0 radical (unpaired) electrons. The third-order valence-electron chi connectivity index (χ3n) is 4.45. The number of carbonyl (C=O) groups is 1. The van der Waals surface area contributed by atoms with Crippen molar-refractivity contribution in [3.63, 3.8) is 0 Å². The van der Waals surface area contributed by atoms with E-state index in [4.69, 9.17) is 4.74 Å². The van der Waals surface area contributed by atoms with Crippen LogP contribution in [0.5, 0.6) is 0 Å². The molecule has 1 aliphatic rings. The maximum atomic E-state index is 13.5. The number of hydrogen-bond acceptors (Lipinski definition) is 3. The van der Waals surface area contributed by atoms with Crippen molar-refractivity contribution >= 4 is 6.03 Å². The maximum Gasteiger partial charge on any atom is 0.413 e. The van der Waals surface area contributed by atoms with Gasteiger partial charge in [-0.2, -0.15) is 18.3 Å². The average Bonchev–Trinajstić information content (AvgIpc) is 2.95. The summed E-state index contributed by atoms with van der Waals surface area (Å²) in [5, 5.41) is 8.62. The van der Waals surface area contributed by atoms with Crippen LogP contribution in [0.1, 0.15) is 50.2 Å². The molecule has 0 spiro atoms. The van der Waals surface area contributed by atoms with Crippen molar-refractivity contribution in [2.45, 2.75) is 71.0 Å². The number of rotatable bonds is 5. The van der Waals surface area contributed by atoms with Gasteiger partial charge in [0.1, 0.15) is 0 Å². The van der Waals surface area contributed by atoms with Crippen LogP contribution in [0.2, 0.25) is 0 Å². The third-order valence-corrected chi connectivity index (χ3v) is 4.45. The first-order valence-electron chi connectivity index (χ1n) is 8.17. The van der Waals surface area contributed by atoms with Crippen LogP contribution in [0.25, 0.3) is 0 Å². The Kier molecular flexibility index (Phi) is 5.09. The number of hydrogen-bond donors (Lipinski definition) is 2. The van der Waals surface area contributed by atoms with E-state index >= 15 is 0 Å². The van der Waals surface area contributed by atoms with Crippen molar-refractivity contribution in [2.75, 3.05) is 0 Å². The van der Waals surface area contributed by atoms with E-state index in [-0.39, 0.29) is 23.4 Å². The summed E-state index contributed by atoms with van der Waals surface area (Å²) in [5.74, 6) is 0. The van der Waals surface area contributed by atoms with Gasteiger partial charge in [-0.3, -0.25) is 4.68 Å². The minimum Gasteiger partial charge on any atom is -0.370 e. The van der Waals surface area contributed by atoms with Gasteiger partial charge in [0.05, 0.1) is 23.4 Å². The van der Waals surface area contributed by atoms with Gasteiger partial charge < -0.3 is 15.4 Å². The topological polar surface area (TPSA) is 68.2 Å². The van der Waals surface area contributed by atoms with Gasteiger partial charge in [-0.05, 0) is 34.6 Å². The van der Waals surface area contributed by atoms with Crippen molar-refractivity contribution in [3.8, 4) is 0 Å². The first-order valence-corrected chi connectivity index (χ1v) is 8.17. The van der Waals surface area contributed by atoms with Gasteiger partial charge in [0.2, 0.25) is 0 Å². The Morgan fingerprint density at radius 1 is 1.40 bits per heavy atom. The fourth-order valence-electron chi connectivity index (χ4n) is 3.08. The van der Waals surface area contributed by atoms with Crippen molar-refractivity contribution < 1.29 is 22.7 Å². The summed E-state index contributed by atoms with van der Waals surface area (Å²) < 4.78 is 47.6. The molecule has 1 saturated carbocycles. The Labute approximate surface area is 145 Å². The molecule has 1 aromatic rings. The summed E-state index contributed by atoms with van der Waals surface area (Å²) in [7, 11) is 1.57. The molecule has 1 aliphatic carbocycles. The molecule has 1 heterocycles. The summed E-state index contributed by atoms with van der Waals surface area (Å²) in [6.45, 7) is 8.61. The minimum absolute atomic E-state index is 0.0246. The van der Waals surface area contributed by atoms with Crippen LogP contribution in [0, 0.1) is 13.8 Å². The highest BCUT2D eigenvalue weighted by Crippen LogP contribution is 2.41. The number of aryl methyl sites for hydroxylation is 2. The molecule has 0 aromatic carbocycles. The number of ether oxygens (including phenoxy) is 1. The highest BCUT2D eigenvalue weighted by molar-refractivity contribution is 5.75. The van der Waals surface area contributed by atoms with E-state index in [2.05, 4.69) is 10.4 Å². The second-order valence-corrected chi connectivity index (χ2v) is 7.04. The molecule has 1 unspecified atom stereocenters. The molecule has 2 N–H and O–H groups in total. The lowest BCUT2D eigenvalue weighted by Crippen LogP contribution is -2.46. The Morgan fingerprint density at radius 2 is 2.00 bits per heavy atom. The summed E-state index contributed by atoms with van der Waals surface area (Å²) in [6, 6.07) is -3.29. The summed E-state index contributed by atoms with van der Waals surface area (Å²) >= 11 is 0. The number of urea groups is 1. The Bertz CT molecular complexity index is 657. The van der Waals surface area contributed by atoms with Gasteiger partial charge in [0.15, 0.2) is 6.04 Å². The molecule has 1 aromatic heterocycles. The number of aromatic nitrogens is 2. The van der Waals surface area contributed by atoms with Gasteiger partial charge in [-0.1, -0.05) is 0 Å². The number of carbonyl (C=O) groups excluding carboxylic acids is 1. The molecular formula is C16H25F3N4O2. The molecule has 9 heteroatoms. The quantitative estimate of drug-likeness (QED) is 0.846. The van der Waals surface area contributed by atoms with E-state index in [0.717, 1.165) is 0 Å². The highest BCUT2D eigenvalue weighted by Gasteiger charge is 2.53. The Morgan fingerprint density at radius 3 is 2.44 bits per heavy atom. The molecule has 1 fully saturated rings. The Hall–Kier alpha value is -1.77. The predicted molar refractivity (Wildman–Crippen MR) is 86.2 cm³/mol. The third kappa shape index (κ3) is 4.26. The summed E-state index contributed by atoms with van der Waals surface area (Å²) in [6.07, 6.45) is -4.08. The second kappa shape index (κ2) is 6.51. The van der Waals surface area contributed by atoms with Crippen LogP contribution in [0.15, 0.2) is 0 Å². The van der Waals surface area contributed by atoms with Crippen LogP contribution in [0.4, 0.5) is 18.0 Å². The number of amides is 2. The molecule has 6 nitrogen and oxygen atoms in total. The Balaban J connectivity index is 2.10. The standard InChI is InChI=1S/C16H25F3N4O2/c1-8(2)25-15(5)7-11(15)20-14(24)21-13(16(17,18)19)12-9(3)22-23(6)10(12)4/h8,11,13H,7H2,1-6H3,(H2,20,21,24)/t11-,13?,15+/m1/s1. The molecule has 0 aliphatic heterocycles. The van der Waals surface area contributed by atoms with Crippen LogP contribution in [-0.4, -0.2) is 39.7 Å². The fraction of sp³-hybridized carbons (Fsp3) is 0.750. The highest BCUT2D eigenvalue weighted by atomic mass is 19.4. The first kappa shape index (κ1) is 19.6. The van der Waals surface area contributed by atoms with Crippen LogP contribution in [0.3, 0.4) is 0 Å². The van der Waals surface area contributed by atoms with Crippen molar-refractivity contribution in [2.24, 2.45) is 7.05 Å². The van der Waals surface area contributed by atoms with Gasteiger partial charge in [-0.25, -0.2) is 4.79 Å². The van der Waals surface area contributed by atoms with Crippen LogP contribution >= 0.6 is 0 Å². The largest absolute Gasteiger partial charge is 0.413 e. The molecule has 3 atom stereocenters. The number of halogens is 3. The zero-order valence-electron chi connectivity index (χ0n) is 15.3. The van der Waals surface area contributed by atoms with E-state index < -0.39 is 23.9 Å². The van der Waals surface area contributed by atoms with Crippen molar-refractivity contribution in [3.05, 3.63) is 17.0 Å². The van der Waals surface area contributed by atoms with E-state index in [1.165, 1.54) is 11.6 Å². The smallest absolute Gasteiger partial charge is 0.370 e. The van der Waals surface area contributed by atoms with E-state index in [9.17, 15) is 18.0 Å². The van der Waals surface area contributed by atoms with Gasteiger partial charge in [0, 0.05) is 24.7 Å².